The van der Waals surface area contributed by atoms with E-state index in [1.165, 1.54) is 0 Å². The largest absolute Gasteiger partial charge is 0.307 e. The van der Waals surface area contributed by atoms with Crippen molar-refractivity contribution in [2.24, 2.45) is 0 Å². The van der Waals surface area contributed by atoms with Gasteiger partial charge in [0.25, 0.3) is 0 Å². The van der Waals surface area contributed by atoms with Crippen LogP contribution in [0.5, 0.6) is 0 Å². The van der Waals surface area contributed by atoms with Gasteiger partial charge in [-0.1, -0.05) is 12.2 Å². The van der Waals surface area contributed by atoms with Gasteiger partial charge in [-0.2, -0.15) is 0 Å². The second-order valence-corrected chi connectivity index (χ2v) is 3.23. The number of hydrogen-bond acceptors (Lipinski definition) is 1. The van der Waals surface area contributed by atoms with E-state index >= 15 is 0 Å². The zero-order valence-electron chi connectivity index (χ0n) is 6.95. The summed E-state index contributed by atoms with van der Waals surface area (Å²) in [5.74, 6) is 0.643. The molecule has 0 aromatic rings. The van der Waals surface area contributed by atoms with Crippen molar-refractivity contribution in [1.29, 1.82) is 0 Å². The molecule has 2 heteroatoms. The molecule has 0 heterocycles. The normalized spacial score (nSPS) is 12.8. The molecule has 1 N–H and O–H groups in total. The lowest BCUT2D eigenvalue weighted by Crippen LogP contribution is -2.40. The fourth-order valence-electron chi connectivity index (χ4n) is 0.500. The van der Waals surface area contributed by atoms with Gasteiger partial charge >= 0.3 is 0 Å². The van der Waals surface area contributed by atoms with Gasteiger partial charge in [0.1, 0.15) is 0 Å². The van der Waals surface area contributed by atoms with E-state index in [4.69, 9.17) is 11.6 Å². The van der Waals surface area contributed by atoms with Gasteiger partial charge in [0, 0.05) is 18.0 Å². The molecular formula is C8H16ClN. The first kappa shape index (κ1) is 9.99. The first-order valence-corrected chi connectivity index (χ1v) is 4.08. The van der Waals surface area contributed by atoms with Gasteiger partial charge in [0.15, 0.2) is 0 Å². The Hall–Kier alpha value is -0.0100. The molecule has 0 atom stereocenters. The zero-order chi connectivity index (χ0) is 8.04. The topological polar surface area (TPSA) is 12.0 Å². The summed E-state index contributed by atoms with van der Waals surface area (Å²) in [6, 6.07) is 0. The van der Waals surface area contributed by atoms with Crippen LogP contribution in [0.2, 0.25) is 0 Å². The van der Waals surface area contributed by atoms with Crippen LogP contribution < -0.4 is 5.32 Å². The summed E-state index contributed by atoms with van der Waals surface area (Å²) < 4.78 is 0. The summed E-state index contributed by atoms with van der Waals surface area (Å²) in [6.45, 7) is 7.08. The van der Waals surface area contributed by atoms with E-state index in [9.17, 15) is 0 Å². The Labute approximate surface area is 68.5 Å². The highest BCUT2D eigenvalue weighted by Gasteiger charge is 2.12. The average Bonchev–Trinajstić information content (AvgIpc) is 1.89. The number of alkyl halides is 1. The summed E-state index contributed by atoms with van der Waals surface area (Å²) >= 11 is 5.69. The molecule has 0 unspecified atom stereocenters. The molecule has 0 aliphatic heterocycles. The highest BCUT2D eigenvalue weighted by molar-refractivity contribution is 6.18. The number of halogens is 1. The van der Waals surface area contributed by atoms with Crippen LogP contribution in [0.15, 0.2) is 12.2 Å². The maximum absolute atomic E-state index is 5.69. The predicted octanol–water partition coefficient (Wildman–Crippen LogP) is 2.17. The molecule has 0 aliphatic carbocycles. The molecule has 0 spiro atoms. The van der Waals surface area contributed by atoms with E-state index in [1.807, 2.05) is 13.0 Å². The summed E-state index contributed by atoms with van der Waals surface area (Å²) in [7, 11) is 0. The van der Waals surface area contributed by atoms with E-state index in [2.05, 4.69) is 25.2 Å². The maximum Gasteiger partial charge on any atom is 0.0400 e. The van der Waals surface area contributed by atoms with Crippen LogP contribution in [0, 0.1) is 0 Å². The summed E-state index contributed by atoms with van der Waals surface area (Å²) in [4.78, 5) is 0. The number of hydrogen-bond donors (Lipinski definition) is 1. The Morgan fingerprint density at radius 1 is 1.50 bits per heavy atom. The third kappa shape index (κ3) is 4.83. The fourth-order valence-corrected chi connectivity index (χ4v) is 0.595. The summed E-state index contributed by atoms with van der Waals surface area (Å²) in [5.41, 5.74) is 0.0566. The number of nitrogens with one attached hydrogen (secondary N) is 1. The first-order valence-electron chi connectivity index (χ1n) is 3.54. The van der Waals surface area contributed by atoms with Gasteiger partial charge in [0.05, 0.1) is 0 Å². The van der Waals surface area contributed by atoms with Gasteiger partial charge in [-0.25, -0.2) is 0 Å². The SMILES string of the molecule is C/C=C/CNC(C)(C)CCl. The summed E-state index contributed by atoms with van der Waals surface area (Å²) in [6.07, 6.45) is 4.10. The quantitative estimate of drug-likeness (QED) is 0.492. The van der Waals surface area contributed by atoms with E-state index in [0.717, 1.165) is 6.54 Å². The van der Waals surface area contributed by atoms with Crippen molar-refractivity contribution in [3.05, 3.63) is 12.2 Å². The van der Waals surface area contributed by atoms with E-state index in [-0.39, 0.29) is 5.54 Å². The molecule has 0 fully saturated rings. The molecule has 0 bridgehead atoms. The van der Waals surface area contributed by atoms with Crippen molar-refractivity contribution in [2.75, 3.05) is 12.4 Å². The molecular weight excluding hydrogens is 146 g/mol. The van der Waals surface area contributed by atoms with Crippen LogP contribution in [-0.4, -0.2) is 18.0 Å². The molecule has 60 valence electrons. The Morgan fingerprint density at radius 2 is 2.10 bits per heavy atom. The van der Waals surface area contributed by atoms with Crippen LogP contribution in [0.3, 0.4) is 0 Å². The Balaban J connectivity index is 3.46. The van der Waals surface area contributed by atoms with Crippen molar-refractivity contribution < 1.29 is 0 Å². The Kier molecular flexibility index (Phi) is 4.75. The lowest BCUT2D eigenvalue weighted by atomic mass is 10.1. The molecule has 0 radical (unpaired) electrons. The molecule has 0 rings (SSSR count). The first-order chi connectivity index (χ1) is 4.62. The highest BCUT2D eigenvalue weighted by atomic mass is 35.5. The lowest BCUT2D eigenvalue weighted by molar-refractivity contribution is 0.455. The highest BCUT2D eigenvalue weighted by Crippen LogP contribution is 2.02. The van der Waals surface area contributed by atoms with Crippen LogP contribution in [0.1, 0.15) is 20.8 Å². The minimum Gasteiger partial charge on any atom is -0.307 e. The van der Waals surface area contributed by atoms with E-state index in [0.29, 0.717) is 5.88 Å². The molecule has 0 aliphatic rings. The fraction of sp³-hybridized carbons (Fsp3) is 0.750. The van der Waals surface area contributed by atoms with Crippen LogP contribution in [0.4, 0.5) is 0 Å². The van der Waals surface area contributed by atoms with E-state index in [1.54, 1.807) is 0 Å². The minimum absolute atomic E-state index is 0.0566. The second kappa shape index (κ2) is 4.75. The number of allylic oxidation sites excluding steroid dienone is 1. The molecule has 0 saturated heterocycles. The Morgan fingerprint density at radius 3 is 2.50 bits per heavy atom. The van der Waals surface area contributed by atoms with Gasteiger partial charge in [-0.3, -0.25) is 0 Å². The van der Waals surface area contributed by atoms with Crippen molar-refractivity contribution in [1.82, 2.24) is 5.32 Å². The predicted molar refractivity (Wildman–Crippen MR) is 47.6 cm³/mol. The third-order valence-electron chi connectivity index (χ3n) is 1.27. The van der Waals surface area contributed by atoms with Gasteiger partial charge in [0.2, 0.25) is 0 Å². The molecule has 0 amide bonds. The van der Waals surface area contributed by atoms with Crippen LogP contribution in [0.25, 0.3) is 0 Å². The van der Waals surface area contributed by atoms with Crippen molar-refractivity contribution in [3.63, 3.8) is 0 Å². The zero-order valence-corrected chi connectivity index (χ0v) is 7.70. The average molecular weight is 162 g/mol. The monoisotopic (exact) mass is 161 g/mol. The van der Waals surface area contributed by atoms with Gasteiger partial charge in [-0.05, 0) is 20.8 Å². The molecule has 0 saturated carbocycles. The van der Waals surface area contributed by atoms with Gasteiger partial charge in [-0.15, -0.1) is 11.6 Å². The maximum atomic E-state index is 5.69. The molecule has 0 aromatic heterocycles. The Bertz CT molecular complexity index is 108. The lowest BCUT2D eigenvalue weighted by Gasteiger charge is -2.22. The third-order valence-corrected chi connectivity index (χ3v) is 1.94. The minimum atomic E-state index is 0.0566. The molecule has 0 aromatic carbocycles. The molecule has 1 nitrogen and oxygen atoms in total. The second-order valence-electron chi connectivity index (χ2n) is 2.97. The molecule has 10 heavy (non-hydrogen) atoms. The summed E-state index contributed by atoms with van der Waals surface area (Å²) in [5, 5.41) is 3.29. The smallest absolute Gasteiger partial charge is 0.0400 e. The van der Waals surface area contributed by atoms with Crippen LogP contribution in [-0.2, 0) is 0 Å². The van der Waals surface area contributed by atoms with E-state index < -0.39 is 0 Å². The number of rotatable bonds is 4. The van der Waals surface area contributed by atoms with Crippen molar-refractivity contribution in [3.8, 4) is 0 Å². The standard InChI is InChI=1S/C8H16ClN/c1-4-5-6-10-8(2,3)7-9/h4-5,10H,6-7H2,1-3H3/b5-4+. The van der Waals surface area contributed by atoms with Crippen molar-refractivity contribution >= 4 is 11.6 Å². The van der Waals surface area contributed by atoms with Crippen molar-refractivity contribution in [2.45, 2.75) is 26.3 Å². The van der Waals surface area contributed by atoms with Crippen LogP contribution >= 0.6 is 11.6 Å². The van der Waals surface area contributed by atoms with Gasteiger partial charge < -0.3 is 5.32 Å².